The average Bonchev–Trinajstić information content (AvgIpc) is 3.17. The van der Waals surface area contributed by atoms with Crippen LogP contribution < -0.4 is 14.4 Å². The number of rotatable bonds is 5. The molecule has 1 saturated heterocycles. The van der Waals surface area contributed by atoms with Crippen molar-refractivity contribution in [1.82, 2.24) is 19.9 Å². The Balaban J connectivity index is 1.42. The minimum absolute atomic E-state index is 0.695. The van der Waals surface area contributed by atoms with Gasteiger partial charge in [-0.15, -0.1) is 0 Å². The van der Waals surface area contributed by atoms with Gasteiger partial charge in [0, 0.05) is 44.2 Å². The van der Waals surface area contributed by atoms with Gasteiger partial charge in [0.2, 0.25) is 0 Å². The number of fused-ring (bicyclic) bond motifs is 3. The second kappa shape index (κ2) is 7.84. The summed E-state index contributed by atoms with van der Waals surface area (Å²) in [7, 11) is 3.29. The van der Waals surface area contributed by atoms with Crippen LogP contribution >= 0.6 is 0 Å². The lowest BCUT2D eigenvalue weighted by atomic mass is 10.2. The van der Waals surface area contributed by atoms with Crippen LogP contribution in [0.2, 0.25) is 0 Å². The summed E-state index contributed by atoms with van der Waals surface area (Å²) >= 11 is 0. The Labute approximate surface area is 175 Å². The van der Waals surface area contributed by atoms with Crippen molar-refractivity contribution in [2.45, 2.75) is 6.54 Å². The fourth-order valence-electron chi connectivity index (χ4n) is 4.21. The average molecular weight is 403 g/mol. The molecule has 3 heterocycles. The van der Waals surface area contributed by atoms with E-state index >= 15 is 0 Å². The third-order valence-electron chi connectivity index (χ3n) is 5.79. The van der Waals surface area contributed by atoms with Crippen molar-refractivity contribution in [3.63, 3.8) is 0 Å². The van der Waals surface area contributed by atoms with E-state index < -0.39 is 0 Å². The minimum Gasteiger partial charge on any atom is -0.493 e. The van der Waals surface area contributed by atoms with Crippen molar-refractivity contribution in [3.05, 3.63) is 54.4 Å². The van der Waals surface area contributed by atoms with Crippen molar-refractivity contribution in [3.8, 4) is 11.5 Å². The van der Waals surface area contributed by atoms with E-state index in [1.165, 1.54) is 5.56 Å². The van der Waals surface area contributed by atoms with Gasteiger partial charge in [0.1, 0.15) is 17.4 Å². The first-order valence-electron chi connectivity index (χ1n) is 10.2. The van der Waals surface area contributed by atoms with Gasteiger partial charge < -0.3 is 19.4 Å². The molecule has 1 fully saturated rings. The molecule has 7 heteroatoms. The van der Waals surface area contributed by atoms with Crippen molar-refractivity contribution >= 4 is 27.8 Å². The van der Waals surface area contributed by atoms with Gasteiger partial charge in [0.15, 0.2) is 17.3 Å². The van der Waals surface area contributed by atoms with Crippen LogP contribution in [0.15, 0.2) is 48.8 Å². The first kappa shape index (κ1) is 18.7. The van der Waals surface area contributed by atoms with Gasteiger partial charge in [0.05, 0.1) is 19.7 Å². The van der Waals surface area contributed by atoms with Gasteiger partial charge in [-0.2, -0.15) is 0 Å². The molecule has 1 aliphatic heterocycles. The van der Waals surface area contributed by atoms with Gasteiger partial charge in [-0.3, -0.25) is 4.90 Å². The van der Waals surface area contributed by atoms with Crippen LogP contribution in [0, 0.1) is 0 Å². The molecule has 0 aliphatic carbocycles. The van der Waals surface area contributed by atoms with E-state index in [2.05, 4.69) is 55.1 Å². The van der Waals surface area contributed by atoms with Crippen molar-refractivity contribution in [2.24, 2.45) is 0 Å². The van der Waals surface area contributed by atoms with Crippen molar-refractivity contribution in [1.29, 1.82) is 0 Å². The third kappa shape index (κ3) is 3.31. The number of nitrogens with zero attached hydrogens (tertiary/aromatic N) is 4. The number of aromatic amines is 1. The van der Waals surface area contributed by atoms with Crippen LogP contribution in [0.4, 0.5) is 5.82 Å². The number of hydrogen-bond acceptors (Lipinski definition) is 6. The van der Waals surface area contributed by atoms with Crippen molar-refractivity contribution in [2.75, 3.05) is 45.3 Å². The highest BCUT2D eigenvalue weighted by molar-refractivity contribution is 6.09. The molecule has 7 nitrogen and oxygen atoms in total. The maximum Gasteiger partial charge on any atom is 0.162 e. The summed E-state index contributed by atoms with van der Waals surface area (Å²) in [6.07, 6.45) is 1.65. The summed E-state index contributed by atoms with van der Waals surface area (Å²) in [4.78, 5) is 17.5. The molecule has 30 heavy (non-hydrogen) atoms. The van der Waals surface area contributed by atoms with Crippen LogP contribution in [-0.2, 0) is 6.54 Å². The standard InChI is InChI=1S/C23H25N5O2/c1-29-19-12-17-18(13-20(19)30-2)26-22-21(17)24-15-25-23(22)28-10-8-27(9-11-28)14-16-6-4-3-5-7-16/h3-7,12-13,15,26H,8-11,14H2,1-2H3. The molecular formula is C23H25N5O2. The molecule has 0 amide bonds. The monoisotopic (exact) mass is 403 g/mol. The van der Waals surface area contributed by atoms with Gasteiger partial charge >= 0.3 is 0 Å². The zero-order chi connectivity index (χ0) is 20.5. The summed E-state index contributed by atoms with van der Waals surface area (Å²) < 4.78 is 10.9. The molecule has 0 radical (unpaired) electrons. The lowest BCUT2D eigenvalue weighted by molar-refractivity contribution is 0.249. The molecule has 0 bridgehead atoms. The van der Waals surface area contributed by atoms with E-state index in [9.17, 15) is 0 Å². The van der Waals surface area contributed by atoms with Gasteiger partial charge in [-0.25, -0.2) is 9.97 Å². The maximum atomic E-state index is 5.47. The Morgan fingerprint density at radius 3 is 2.40 bits per heavy atom. The number of aromatic nitrogens is 3. The normalized spacial score (nSPS) is 15.1. The van der Waals surface area contributed by atoms with Crippen LogP contribution in [0.5, 0.6) is 11.5 Å². The van der Waals surface area contributed by atoms with Crippen LogP contribution in [0.25, 0.3) is 21.9 Å². The Bertz CT molecular complexity index is 1170. The van der Waals surface area contributed by atoms with E-state index in [0.29, 0.717) is 11.5 Å². The topological polar surface area (TPSA) is 66.5 Å². The molecular weight excluding hydrogens is 378 g/mol. The smallest absolute Gasteiger partial charge is 0.162 e. The van der Waals surface area contributed by atoms with E-state index in [4.69, 9.17) is 9.47 Å². The molecule has 5 rings (SSSR count). The Hall–Kier alpha value is -3.32. The number of benzene rings is 2. The molecule has 1 aliphatic rings. The molecule has 1 N–H and O–H groups in total. The first-order chi connectivity index (χ1) is 14.8. The predicted molar refractivity (Wildman–Crippen MR) is 118 cm³/mol. The number of piperazine rings is 1. The molecule has 154 valence electrons. The number of methoxy groups -OCH3 is 2. The van der Waals surface area contributed by atoms with Crippen LogP contribution in [0.1, 0.15) is 5.56 Å². The van der Waals surface area contributed by atoms with Gasteiger partial charge in [0.25, 0.3) is 0 Å². The molecule has 4 aromatic rings. The zero-order valence-corrected chi connectivity index (χ0v) is 17.3. The molecule has 0 spiro atoms. The Morgan fingerprint density at radius 1 is 0.933 bits per heavy atom. The second-order valence-electron chi connectivity index (χ2n) is 7.55. The Morgan fingerprint density at radius 2 is 1.67 bits per heavy atom. The number of hydrogen-bond donors (Lipinski definition) is 1. The summed E-state index contributed by atoms with van der Waals surface area (Å²) in [5.74, 6) is 2.34. The lowest BCUT2D eigenvalue weighted by Gasteiger charge is -2.35. The lowest BCUT2D eigenvalue weighted by Crippen LogP contribution is -2.46. The highest BCUT2D eigenvalue weighted by Crippen LogP contribution is 2.37. The van der Waals surface area contributed by atoms with E-state index in [1.54, 1.807) is 20.5 Å². The number of ether oxygens (including phenoxy) is 2. The summed E-state index contributed by atoms with van der Waals surface area (Å²) in [6, 6.07) is 14.6. The largest absolute Gasteiger partial charge is 0.493 e. The first-order valence-corrected chi connectivity index (χ1v) is 10.2. The fraction of sp³-hybridized carbons (Fsp3) is 0.304. The Kier molecular flexibility index (Phi) is 4.88. The van der Waals surface area contributed by atoms with Gasteiger partial charge in [-0.05, 0) is 11.6 Å². The highest BCUT2D eigenvalue weighted by atomic mass is 16.5. The molecule has 0 saturated carbocycles. The fourth-order valence-corrected chi connectivity index (χ4v) is 4.21. The number of nitrogens with one attached hydrogen (secondary N) is 1. The molecule has 2 aromatic carbocycles. The quantitative estimate of drug-likeness (QED) is 0.551. The molecule has 0 unspecified atom stereocenters. The maximum absolute atomic E-state index is 5.47. The third-order valence-corrected chi connectivity index (χ3v) is 5.79. The van der Waals surface area contributed by atoms with E-state index in [0.717, 1.165) is 60.5 Å². The molecule has 2 aromatic heterocycles. The van der Waals surface area contributed by atoms with E-state index in [-0.39, 0.29) is 0 Å². The zero-order valence-electron chi connectivity index (χ0n) is 17.3. The number of H-pyrrole nitrogens is 1. The van der Waals surface area contributed by atoms with E-state index in [1.807, 2.05) is 12.1 Å². The minimum atomic E-state index is 0.695. The van der Waals surface area contributed by atoms with Gasteiger partial charge in [-0.1, -0.05) is 30.3 Å². The predicted octanol–water partition coefficient (Wildman–Crippen LogP) is 3.45. The highest BCUT2D eigenvalue weighted by Gasteiger charge is 2.22. The van der Waals surface area contributed by atoms with Crippen LogP contribution in [-0.4, -0.2) is 60.3 Å². The summed E-state index contributed by atoms with van der Waals surface area (Å²) in [5, 5.41) is 1.01. The summed E-state index contributed by atoms with van der Waals surface area (Å²) in [6.45, 7) is 4.85. The second-order valence-corrected chi connectivity index (χ2v) is 7.55. The molecule has 0 atom stereocenters. The van der Waals surface area contributed by atoms with Crippen molar-refractivity contribution < 1.29 is 9.47 Å². The number of anilines is 1. The SMILES string of the molecule is COc1cc2[nH]c3c(N4CCN(Cc5ccccc5)CC4)ncnc3c2cc1OC. The summed E-state index contributed by atoms with van der Waals surface area (Å²) in [5.41, 5.74) is 4.18. The van der Waals surface area contributed by atoms with Crippen LogP contribution in [0.3, 0.4) is 0 Å².